The summed E-state index contributed by atoms with van der Waals surface area (Å²) in [4.78, 5) is 0. The summed E-state index contributed by atoms with van der Waals surface area (Å²) in [5.74, 6) is 0. The van der Waals surface area contributed by atoms with Crippen molar-refractivity contribution in [2.45, 2.75) is 77.2 Å². The summed E-state index contributed by atoms with van der Waals surface area (Å²) in [5.41, 5.74) is 5.51. The van der Waals surface area contributed by atoms with Gasteiger partial charge in [0.15, 0.2) is 0 Å². The molecule has 0 fully saturated rings. The van der Waals surface area contributed by atoms with Crippen molar-refractivity contribution >= 4 is 0 Å². The van der Waals surface area contributed by atoms with Gasteiger partial charge in [0.1, 0.15) is 0 Å². The average molecular weight is 210 g/mol. The van der Waals surface area contributed by atoms with E-state index >= 15 is 0 Å². The Morgan fingerprint density at radius 1 is 0.933 bits per heavy atom. The molecule has 0 radical (unpaired) electrons. The maximum absolute atomic E-state index is 8.48. The zero-order chi connectivity index (χ0) is 11.4. The van der Waals surface area contributed by atoms with E-state index in [0.29, 0.717) is 0 Å². The number of hydrogen-bond acceptors (Lipinski definition) is 2. The Labute approximate surface area is 94.9 Å². The number of nitrogens with zero attached hydrogens (tertiary/aromatic N) is 1. The minimum Gasteiger partial charge on any atom is -0.316 e. The smallest absolute Gasteiger partial charge is 0.0928 e. The van der Waals surface area contributed by atoms with Crippen molar-refractivity contribution in [1.82, 2.24) is 0 Å². The van der Waals surface area contributed by atoms with Crippen molar-refractivity contribution < 1.29 is 0 Å². The quantitative estimate of drug-likeness (QED) is 0.558. The summed E-state index contributed by atoms with van der Waals surface area (Å²) in [6.45, 7) is 2.25. The Hall–Kier alpha value is -0.550. The topological polar surface area (TPSA) is 49.8 Å². The van der Waals surface area contributed by atoms with Crippen LogP contribution in [0.25, 0.3) is 0 Å². The maximum Gasteiger partial charge on any atom is 0.0928 e. The third-order valence-electron chi connectivity index (χ3n) is 2.78. The predicted octanol–water partition coefficient (Wildman–Crippen LogP) is 3.76. The highest BCUT2D eigenvalue weighted by atomic mass is 14.6. The molecule has 1 unspecified atom stereocenters. The second kappa shape index (κ2) is 11.5. The molecule has 0 aliphatic carbocycles. The largest absolute Gasteiger partial charge is 0.316 e. The molecule has 15 heavy (non-hydrogen) atoms. The first kappa shape index (κ1) is 14.5. The van der Waals surface area contributed by atoms with Crippen molar-refractivity contribution in [3.63, 3.8) is 0 Å². The van der Waals surface area contributed by atoms with Crippen LogP contribution in [0.2, 0.25) is 0 Å². The minimum atomic E-state index is -0.241. The predicted molar refractivity (Wildman–Crippen MR) is 65.4 cm³/mol. The Kier molecular flexibility index (Phi) is 11.1. The van der Waals surface area contributed by atoms with E-state index in [-0.39, 0.29) is 6.04 Å². The number of nitrogens with two attached hydrogens (primary N) is 1. The first-order valence-corrected chi connectivity index (χ1v) is 6.46. The molecular formula is C13H26N2. The van der Waals surface area contributed by atoms with E-state index in [0.717, 1.165) is 12.8 Å². The zero-order valence-electron chi connectivity index (χ0n) is 10.2. The normalized spacial score (nSPS) is 12.3. The summed E-state index contributed by atoms with van der Waals surface area (Å²) in [6.07, 6.45) is 12.8. The Balaban J connectivity index is 2.96. The van der Waals surface area contributed by atoms with E-state index in [1.54, 1.807) is 0 Å². The molecule has 2 nitrogen and oxygen atoms in total. The van der Waals surface area contributed by atoms with Crippen LogP contribution in [-0.2, 0) is 0 Å². The van der Waals surface area contributed by atoms with E-state index in [1.165, 1.54) is 51.4 Å². The lowest BCUT2D eigenvalue weighted by molar-refractivity contribution is 0.548. The third-order valence-corrected chi connectivity index (χ3v) is 2.78. The van der Waals surface area contributed by atoms with Crippen LogP contribution in [0.15, 0.2) is 0 Å². The highest BCUT2D eigenvalue weighted by molar-refractivity contribution is 4.85. The number of rotatable bonds is 10. The van der Waals surface area contributed by atoms with E-state index < -0.39 is 0 Å². The van der Waals surface area contributed by atoms with Gasteiger partial charge in [-0.2, -0.15) is 5.26 Å². The van der Waals surface area contributed by atoms with Crippen LogP contribution >= 0.6 is 0 Å². The van der Waals surface area contributed by atoms with Crippen LogP contribution in [0.5, 0.6) is 0 Å². The van der Waals surface area contributed by atoms with Crippen LogP contribution in [0.4, 0.5) is 0 Å². The van der Waals surface area contributed by atoms with Crippen molar-refractivity contribution in [2.24, 2.45) is 5.73 Å². The molecule has 88 valence electrons. The fourth-order valence-electron chi connectivity index (χ4n) is 1.74. The highest BCUT2D eigenvalue weighted by Crippen LogP contribution is 2.10. The summed E-state index contributed by atoms with van der Waals surface area (Å²) in [5, 5.41) is 8.48. The van der Waals surface area contributed by atoms with Crippen molar-refractivity contribution in [1.29, 1.82) is 5.26 Å². The monoisotopic (exact) mass is 210 g/mol. The standard InChI is InChI=1S/C13H26N2/c1-2-3-4-5-6-7-8-9-10-11-13(15)12-14/h13H,2-11,15H2,1H3. The molecule has 2 N–H and O–H groups in total. The van der Waals surface area contributed by atoms with Gasteiger partial charge >= 0.3 is 0 Å². The van der Waals surface area contributed by atoms with Gasteiger partial charge < -0.3 is 5.73 Å². The molecule has 0 aromatic carbocycles. The van der Waals surface area contributed by atoms with Crippen LogP contribution in [-0.4, -0.2) is 6.04 Å². The zero-order valence-corrected chi connectivity index (χ0v) is 10.2. The van der Waals surface area contributed by atoms with Gasteiger partial charge in [0.05, 0.1) is 12.1 Å². The molecule has 1 atom stereocenters. The summed E-state index contributed by atoms with van der Waals surface area (Å²) >= 11 is 0. The number of unbranched alkanes of at least 4 members (excludes halogenated alkanes) is 8. The van der Waals surface area contributed by atoms with Crippen molar-refractivity contribution in [2.75, 3.05) is 0 Å². The van der Waals surface area contributed by atoms with Gasteiger partial charge in [0, 0.05) is 0 Å². The van der Waals surface area contributed by atoms with Gasteiger partial charge in [-0.25, -0.2) is 0 Å². The molecule has 0 aromatic rings. The van der Waals surface area contributed by atoms with Gasteiger partial charge in [-0.15, -0.1) is 0 Å². The molecule has 0 aliphatic heterocycles. The van der Waals surface area contributed by atoms with Crippen molar-refractivity contribution in [3.8, 4) is 6.07 Å². The van der Waals surface area contributed by atoms with E-state index in [1.807, 2.05) is 0 Å². The molecule has 2 heteroatoms. The Bertz CT molecular complexity index is 160. The first-order chi connectivity index (χ1) is 7.31. The molecular weight excluding hydrogens is 184 g/mol. The lowest BCUT2D eigenvalue weighted by Gasteiger charge is -2.03. The molecule has 0 aliphatic rings. The van der Waals surface area contributed by atoms with Crippen molar-refractivity contribution in [3.05, 3.63) is 0 Å². The van der Waals surface area contributed by atoms with Crippen LogP contribution in [0.1, 0.15) is 71.1 Å². The third kappa shape index (κ3) is 11.4. The van der Waals surface area contributed by atoms with Crippen LogP contribution in [0, 0.1) is 11.3 Å². The summed E-state index contributed by atoms with van der Waals surface area (Å²) in [7, 11) is 0. The second-order valence-corrected chi connectivity index (χ2v) is 4.35. The van der Waals surface area contributed by atoms with Gasteiger partial charge in [-0.05, 0) is 6.42 Å². The number of nitriles is 1. The number of hydrogen-bond donors (Lipinski definition) is 1. The van der Waals surface area contributed by atoms with Gasteiger partial charge in [-0.3, -0.25) is 0 Å². The van der Waals surface area contributed by atoms with Crippen LogP contribution < -0.4 is 5.73 Å². The fraction of sp³-hybridized carbons (Fsp3) is 0.923. The molecule has 0 saturated carbocycles. The Morgan fingerprint density at radius 3 is 1.87 bits per heavy atom. The molecule has 0 rings (SSSR count). The fourth-order valence-corrected chi connectivity index (χ4v) is 1.74. The summed E-state index contributed by atoms with van der Waals surface area (Å²) < 4.78 is 0. The van der Waals surface area contributed by atoms with Gasteiger partial charge in [-0.1, -0.05) is 64.7 Å². The van der Waals surface area contributed by atoms with E-state index in [4.69, 9.17) is 11.0 Å². The maximum atomic E-state index is 8.48. The Morgan fingerprint density at radius 2 is 1.40 bits per heavy atom. The highest BCUT2D eigenvalue weighted by Gasteiger charge is 1.98. The van der Waals surface area contributed by atoms with E-state index in [2.05, 4.69) is 13.0 Å². The molecule has 0 saturated heterocycles. The van der Waals surface area contributed by atoms with Gasteiger partial charge in [0.25, 0.3) is 0 Å². The lowest BCUT2D eigenvalue weighted by atomic mass is 10.1. The van der Waals surface area contributed by atoms with Crippen LogP contribution in [0.3, 0.4) is 0 Å². The summed E-state index contributed by atoms with van der Waals surface area (Å²) in [6, 6.07) is 1.83. The molecule has 0 bridgehead atoms. The minimum absolute atomic E-state index is 0.241. The molecule has 0 aromatic heterocycles. The van der Waals surface area contributed by atoms with E-state index in [9.17, 15) is 0 Å². The molecule has 0 spiro atoms. The molecule has 0 amide bonds. The molecule has 0 heterocycles. The first-order valence-electron chi connectivity index (χ1n) is 6.46. The SMILES string of the molecule is CCCCCCCCCCCC(N)C#N. The lowest BCUT2D eigenvalue weighted by Crippen LogP contribution is -2.16. The average Bonchev–Trinajstić information content (AvgIpc) is 2.26. The second-order valence-electron chi connectivity index (χ2n) is 4.35. The van der Waals surface area contributed by atoms with Gasteiger partial charge in [0.2, 0.25) is 0 Å².